The van der Waals surface area contributed by atoms with Gasteiger partial charge >= 0.3 is 0 Å². The van der Waals surface area contributed by atoms with E-state index < -0.39 is 0 Å². The SMILES string of the molecule is CCOc1cccc(C(=O)CC[NH2+]CCc2ccccc2)c1.[Cl-]. The van der Waals surface area contributed by atoms with E-state index in [2.05, 4.69) is 29.6 Å². The van der Waals surface area contributed by atoms with Gasteiger partial charge in [0.25, 0.3) is 0 Å². The van der Waals surface area contributed by atoms with Crippen LogP contribution in [-0.4, -0.2) is 25.5 Å². The lowest BCUT2D eigenvalue weighted by Crippen LogP contribution is -3.00. The molecular formula is C19H24ClNO2. The number of nitrogens with two attached hydrogens (primary N) is 1. The molecule has 0 aliphatic rings. The summed E-state index contributed by atoms with van der Waals surface area (Å²) in [7, 11) is 0. The van der Waals surface area contributed by atoms with Gasteiger partial charge in [0.15, 0.2) is 5.78 Å². The maximum Gasteiger partial charge on any atom is 0.168 e. The van der Waals surface area contributed by atoms with Crippen LogP contribution in [0.25, 0.3) is 0 Å². The van der Waals surface area contributed by atoms with Crippen LogP contribution in [0.2, 0.25) is 0 Å². The zero-order valence-electron chi connectivity index (χ0n) is 13.5. The average Bonchev–Trinajstić information content (AvgIpc) is 2.56. The highest BCUT2D eigenvalue weighted by molar-refractivity contribution is 5.96. The minimum absolute atomic E-state index is 0. The van der Waals surface area contributed by atoms with E-state index in [1.54, 1.807) is 0 Å². The fourth-order valence-corrected chi connectivity index (χ4v) is 2.36. The molecule has 124 valence electrons. The van der Waals surface area contributed by atoms with Crippen LogP contribution in [-0.2, 0) is 6.42 Å². The number of ether oxygens (including phenoxy) is 1. The van der Waals surface area contributed by atoms with Crippen LogP contribution in [0.5, 0.6) is 5.75 Å². The van der Waals surface area contributed by atoms with E-state index in [0.717, 1.165) is 30.8 Å². The highest BCUT2D eigenvalue weighted by Gasteiger charge is 2.07. The second-order valence-electron chi connectivity index (χ2n) is 5.24. The zero-order valence-corrected chi connectivity index (χ0v) is 14.3. The molecule has 0 amide bonds. The van der Waals surface area contributed by atoms with Crippen molar-refractivity contribution < 1.29 is 27.3 Å². The third kappa shape index (κ3) is 6.85. The molecule has 0 unspecified atom stereocenters. The van der Waals surface area contributed by atoms with Gasteiger partial charge in [-0.2, -0.15) is 0 Å². The Kier molecular flexibility index (Phi) is 9.03. The molecule has 0 saturated carbocycles. The summed E-state index contributed by atoms with van der Waals surface area (Å²) < 4.78 is 5.43. The molecular weight excluding hydrogens is 310 g/mol. The Morgan fingerprint density at radius 3 is 2.57 bits per heavy atom. The van der Waals surface area contributed by atoms with Crippen LogP contribution in [0.3, 0.4) is 0 Å². The van der Waals surface area contributed by atoms with Gasteiger partial charge in [-0.3, -0.25) is 4.79 Å². The molecule has 0 atom stereocenters. The van der Waals surface area contributed by atoms with E-state index in [1.807, 2.05) is 37.3 Å². The Morgan fingerprint density at radius 2 is 1.83 bits per heavy atom. The van der Waals surface area contributed by atoms with Crippen LogP contribution in [0.1, 0.15) is 29.3 Å². The number of benzene rings is 2. The molecule has 0 radical (unpaired) electrons. The standard InChI is InChI=1S/C19H23NO2.ClH/c1-2-22-18-10-6-9-17(15-18)19(21)12-14-20-13-11-16-7-4-3-5-8-16;/h3-10,15,20H,2,11-14H2,1H3;1H. The molecule has 2 rings (SSSR count). The van der Waals surface area contributed by atoms with Crippen LogP contribution in [0.4, 0.5) is 0 Å². The lowest BCUT2D eigenvalue weighted by Gasteiger charge is -2.05. The Labute approximate surface area is 144 Å². The van der Waals surface area contributed by atoms with Crippen LogP contribution < -0.4 is 22.5 Å². The molecule has 0 heterocycles. The molecule has 0 aromatic heterocycles. The maximum absolute atomic E-state index is 12.2. The Hall–Kier alpha value is -1.84. The first kappa shape index (κ1) is 19.2. The second-order valence-corrected chi connectivity index (χ2v) is 5.24. The summed E-state index contributed by atoms with van der Waals surface area (Å²) in [6.07, 6.45) is 1.60. The van der Waals surface area contributed by atoms with Gasteiger partial charge in [-0.25, -0.2) is 0 Å². The van der Waals surface area contributed by atoms with E-state index in [4.69, 9.17) is 4.74 Å². The maximum atomic E-state index is 12.2. The number of ketones is 1. The van der Waals surface area contributed by atoms with Gasteiger partial charge in [0.1, 0.15) is 5.75 Å². The first-order valence-corrected chi connectivity index (χ1v) is 7.91. The molecule has 2 aromatic rings. The summed E-state index contributed by atoms with van der Waals surface area (Å²) in [6, 6.07) is 17.9. The van der Waals surface area contributed by atoms with Crippen molar-refractivity contribution >= 4 is 5.78 Å². The number of rotatable bonds is 9. The van der Waals surface area contributed by atoms with E-state index >= 15 is 0 Å². The van der Waals surface area contributed by atoms with Crippen molar-refractivity contribution in [1.29, 1.82) is 0 Å². The summed E-state index contributed by atoms with van der Waals surface area (Å²) in [5.74, 6) is 0.943. The van der Waals surface area contributed by atoms with Gasteiger partial charge < -0.3 is 22.5 Å². The third-order valence-corrected chi connectivity index (χ3v) is 3.52. The van der Waals surface area contributed by atoms with Crippen molar-refractivity contribution in [2.75, 3.05) is 19.7 Å². The lowest BCUT2D eigenvalue weighted by molar-refractivity contribution is -0.653. The quantitative estimate of drug-likeness (QED) is 0.495. The van der Waals surface area contributed by atoms with Gasteiger partial charge in [0, 0.05) is 12.0 Å². The molecule has 23 heavy (non-hydrogen) atoms. The number of Topliss-reactive ketones (excluding diaryl/α,β-unsaturated/α-hetero) is 1. The molecule has 3 nitrogen and oxygen atoms in total. The molecule has 0 aliphatic heterocycles. The molecule has 0 aliphatic carbocycles. The van der Waals surface area contributed by atoms with Crippen molar-refractivity contribution in [1.82, 2.24) is 0 Å². The van der Waals surface area contributed by atoms with Gasteiger partial charge in [-0.15, -0.1) is 0 Å². The lowest BCUT2D eigenvalue weighted by atomic mass is 10.1. The zero-order chi connectivity index (χ0) is 15.6. The first-order valence-electron chi connectivity index (χ1n) is 7.91. The van der Waals surface area contributed by atoms with Crippen molar-refractivity contribution in [2.24, 2.45) is 0 Å². The largest absolute Gasteiger partial charge is 1.00 e. The van der Waals surface area contributed by atoms with E-state index in [9.17, 15) is 4.79 Å². The monoisotopic (exact) mass is 333 g/mol. The summed E-state index contributed by atoms with van der Waals surface area (Å²) in [5.41, 5.74) is 2.08. The number of hydrogen-bond acceptors (Lipinski definition) is 2. The minimum Gasteiger partial charge on any atom is -1.00 e. The molecule has 2 aromatic carbocycles. The molecule has 4 heteroatoms. The summed E-state index contributed by atoms with van der Waals surface area (Å²) in [6.45, 7) is 4.39. The predicted molar refractivity (Wildman–Crippen MR) is 88.4 cm³/mol. The molecule has 0 bridgehead atoms. The van der Waals surface area contributed by atoms with Crippen LogP contribution in [0, 0.1) is 0 Å². The van der Waals surface area contributed by atoms with E-state index in [1.165, 1.54) is 5.56 Å². The summed E-state index contributed by atoms with van der Waals surface area (Å²) >= 11 is 0. The molecule has 0 saturated heterocycles. The molecule has 2 N–H and O–H groups in total. The van der Waals surface area contributed by atoms with Gasteiger partial charge in [0.05, 0.1) is 26.1 Å². The van der Waals surface area contributed by atoms with Gasteiger partial charge in [-0.1, -0.05) is 42.5 Å². The highest BCUT2D eigenvalue weighted by Crippen LogP contribution is 2.14. The number of quaternary nitrogens is 1. The normalized spacial score (nSPS) is 9.96. The first-order chi connectivity index (χ1) is 10.8. The van der Waals surface area contributed by atoms with Gasteiger partial charge in [-0.05, 0) is 24.6 Å². The third-order valence-electron chi connectivity index (χ3n) is 3.52. The van der Waals surface area contributed by atoms with Crippen LogP contribution in [0.15, 0.2) is 54.6 Å². The second kappa shape index (κ2) is 10.8. The Balaban J connectivity index is 0.00000264. The fourth-order valence-electron chi connectivity index (χ4n) is 2.36. The van der Waals surface area contributed by atoms with Crippen molar-refractivity contribution in [3.8, 4) is 5.75 Å². The predicted octanol–water partition coefficient (Wildman–Crippen LogP) is -0.532. The van der Waals surface area contributed by atoms with Crippen molar-refractivity contribution in [2.45, 2.75) is 19.8 Å². The van der Waals surface area contributed by atoms with Gasteiger partial charge in [0.2, 0.25) is 0 Å². The fraction of sp³-hybridized carbons (Fsp3) is 0.316. The molecule has 0 spiro atoms. The Bertz CT molecular complexity index is 587. The smallest absolute Gasteiger partial charge is 0.168 e. The minimum atomic E-state index is 0. The molecule has 0 fully saturated rings. The number of halogens is 1. The highest BCUT2D eigenvalue weighted by atomic mass is 35.5. The Morgan fingerprint density at radius 1 is 1.04 bits per heavy atom. The van der Waals surface area contributed by atoms with Crippen LogP contribution >= 0.6 is 0 Å². The summed E-state index contributed by atoms with van der Waals surface area (Å²) in [5, 5.41) is 2.21. The van der Waals surface area contributed by atoms with Crippen molar-refractivity contribution in [3.05, 3.63) is 65.7 Å². The van der Waals surface area contributed by atoms with Crippen molar-refractivity contribution in [3.63, 3.8) is 0 Å². The topological polar surface area (TPSA) is 42.9 Å². The average molecular weight is 334 g/mol. The number of carbonyl (C=O) groups excluding carboxylic acids is 1. The van der Waals surface area contributed by atoms with E-state index in [-0.39, 0.29) is 18.2 Å². The summed E-state index contributed by atoms with van der Waals surface area (Å²) in [4.78, 5) is 12.2. The number of hydrogen-bond donors (Lipinski definition) is 1. The number of carbonyl (C=O) groups is 1. The van der Waals surface area contributed by atoms with E-state index in [0.29, 0.717) is 13.0 Å².